The van der Waals surface area contributed by atoms with Gasteiger partial charge in [-0.15, -0.1) is 0 Å². The first-order chi connectivity index (χ1) is 7.56. The van der Waals surface area contributed by atoms with Crippen LogP contribution in [0.15, 0.2) is 21.0 Å². The van der Waals surface area contributed by atoms with Crippen molar-refractivity contribution in [3.8, 4) is 5.75 Å². The molecule has 1 aromatic heterocycles. The zero-order valence-electron chi connectivity index (χ0n) is 8.70. The molecule has 16 heavy (non-hydrogen) atoms. The first-order valence-corrected chi connectivity index (χ1v) is 5.34. The Bertz CT molecular complexity index is 571. The third-order valence-electron chi connectivity index (χ3n) is 2.39. The van der Waals surface area contributed by atoms with Gasteiger partial charge in [-0.1, -0.05) is 0 Å². The Morgan fingerprint density at radius 1 is 1.50 bits per heavy atom. The summed E-state index contributed by atoms with van der Waals surface area (Å²) in [6.45, 7) is 1.70. The molecule has 4 nitrogen and oxygen atoms in total. The third-order valence-corrected chi connectivity index (χ3v) is 3.03. The molecular formula is C11H9BrO4. The van der Waals surface area contributed by atoms with Gasteiger partial charge in [-0.25, -0.2) is 4.79 Å². The first kappa shape index (κ1) is 11.0. The number of esters is 1. The van der Waals surface area contributed by atoms with Crippen molar-refractivity contribution in [3.63, 3.8) is 0 Å². The molecule has 0 spiro atoms. The van der Waals surface area contributed by atoms with Crippen molar-refractivity contribution in [2.24, 2.45) is 0 Å². The number of benzene rings is 1. The fraction of sp³-hybridized carbons (Fsp3) is 0.182. The Labute approximate surface area is 99.9 Å². The molecule has 1 heterocycles. The van der Waals surface area contributed by atoms with Crippen molar-refractivity contribution in [2.75, 3.05) is 7.11 Å². The number of hydrogen-bond acceptors (Lipinski definition) is 4. The molecule has 0 bridgehead atoms. The van der Waals surface area contributed by atoms with Crippen LogP contribution >= 0.6 is 15.9 Å². The third kappa shape index (κ3) is 1.48. The molecule has 2 aromatic rings. The molecule has 0 saturated carbocycles. The van der Waals surface area contributed by atoms with Crippen LogP contribution in [0.4, 0.5) is 0 Å². The number of ether oxygens (including phenoxy) is 1. The van der Waals surface area contributed by atoms with Crippen molar-refractivity contribution < 1.29 is 19.1 Å². The van der Waals surface area contributed by atoms with E-state index in [4.69, 9.17) is 4.42 Å². The number of phenolic OH excluding ortho intramolecular Hbond substituents is 1. The minimum absolute atomic E-state index is 0.0638. The topological polar surface area (TPSA) is 59.7 Å². The van der Waals surface area contributed by atoms with E-state index in [2.05, 4.69) is 20.7 Å². The molecule has 0 amide bonds. The van der Waals surface area contributed by atoms with Gasteiger partial charge in [0, 0.05) is 5.56 Å². The fourth-order valence-corrected chi connectivity index (χ4v) is 1.91. The smallest absolute Gasteiger partial charge is 0.374 e. The molecule has 0 fully saturated rings. The second kappa shape index (κ2) is 3.83. The molecule has 5 heteroatoms. The molecule has 1 aromatic carbocycles. The van der Waals surface area contributed by atoms with Gasteiger partial charge in [0.05, 0.1) is 17.0 Å². The van der Waals surface area contributed by atoms with Crippen LogP contribution < -0.4 is 0 Å². The van der Waals surface area contributed by atoms with Crippen LogP contribution in [0, 0.1) is 6.92 Å². The standard InChI is InChI=1S/C11H9BrO4/c1-5-8-7(4-3-6(12)9(8)13)16-10(5)11(14)15-2/h3-4,13H,1-2H3. The van der Waals surface area contributed by atoms with Gasteiger partial charge in [-0.05, 0) is 35.0 Å². The molecule has 84 valence electrons. The Hall–Kier alpha value is -1.49. The lowest BCUT2D eigenvalue weighted by molar-refractivity contribution is 0.0566. The van der Waals surface area contributed by atoms with Crippen molar-refractivity contribution in [2.45, 2.75) is 6.92 Å². The van der Waals surface area contributed by atoms with E-state index in [1.807, 2.05) is 0 Å². The molecule has 0 saturated heterocycles. The number of aromatic hydroxyl groups is 1. The van der Waals surface area contributed by atoms with Crippen LogP contribution in [0.5, 0.6) is 5.75 Å². The number of fused-ring (bicyclic) bond motifs is 1. The van der Waals surface area contributed by atoms with Crippen LogP contribution in [0.3, 0.4) is 0 Å². The molecule has 2 rings (SSSR count). The zero-order chi connectivity index (χ0) is 11.9. The number of phenols is 1. The summed E-state index contributed by atoms with van der Waals surface area (Å²) >= 11 is 3.21. The molecule has 0 aliphatic carbocycles. The number of hydrogen-bond donors (Lipinski definition) is 1. The van der Waals surface area contributed by atoms with Gasteiger partial charge in [0.15, 0.2) is 0 Å². The molecule has 0 radical (unpaired) electrons. The molecule has 0 atom stereocenters. The van der Waals surface area contributed by atoms with Crippen LogP contribution in [0.2, 0.25) is 0 Å². The minimum atomic E-state index is -0.552. The summed E-state index contributed by atoms with van der Waals surface area (Å²) < 4.78 is 10.5. The lowest BCUT2D eigenvalue weighted by Gasteiger charge is -1.97. The second-order valence-corrected chi connectivity index (χ2v) is 4.17. The summed E-state index contributed by atoms with van der Waals surface area (Å²) in [4.78, 5) is 11.4. The quantitative estimate of drug-likeness (QED) is 0.818. The molecule has 0 unspecified atom stereocenters. The molecular weight excluding hydrogens is 276 g/mol. The van der Waals surface area contributed by atoms with E-state index < -0.39 is 5.97 Å². The van der Waals surface area contributed by atoms with E-state index >= 15 is 0 Å². The Morgan fingerprint density at radius 3 is 2.81 bits per heavy atom. The Morgan fingerprint density at radius 2 is 2.19 bits per heavy atom. The van der Waals surface area contributed by atoms with Crippen LogP contribution in [-0.4, -0.2) is 18.2 Å². The lowest BCUT2D eigenvalue weighted by Crippen LogP contribution is -2.00. The maximum atomic E-state index is 11.4. The summed E-state index contributed by atoms with van der Waals surface area (Å²) in [5.74, 6) is -0.371. The second-order valence-electron chi connectivity index (χ2n) is 3.32. The van der Waals surface area contributed by atoms with E-state index in [-0.39, 0.29) is 11.5 Å². The van der Waals surface area contributed by atoms with Gasteiger partial charge < -0.3 is 14.3 Å². The lowest BCUT2D eigenvalue weighted by atomic mass is 10.1. The SMILES string of the molecule is COC(=O)c1oc2ccc(Br)c(O)c2c1C. The molecule has 1 N–H and O–H groups in total. The van der Waals surface area contributed by atoms with Crippen molar-refractivity contribution in [3.05, 3.63) is 27.9 Å². The van der Waals surface area contributed by atoms with Crippen molar-refractivity contribution in [1.29, 1.82) is 0 Å². The minimum Gasteiger partial charge on any atom is -0.506 e. The predicted molar refractivity (Wildman–Crippen MR) is 61.7 cm³/mol. The first-order valence-electron chi connectivity index (χ1n) is 4.55. The number of rotatable bonds is 1. The number of furan rings is 1. The number of halogens is 1. The van der Waals surface area contributed by atoms with Gasteiger partial charge in [-0.3, -0.25) is 0 Å². The number of carbonyl (C=O) groups is 1. The highest BCUT2D eigenvalue weighted by atomic mass is 79.9. The molecule has 0 aliphatic heterocycles. The highest BCUT2D eigenvalue weighted by Gasteiger charge is 2.21. The summed E-state index contributed by atoms with van der Waals surface area (Å²) in [5, 5.41) is 10.4. The van der Waals surface area contributed by atoms with Crippen LogP contribution in [-0.2, 0) is 4.74 Å². The van der Waals surface area contributed by atoms with E-state index in [1.54, 1.807) is 19.1 Å². The summed E-state index contributed by atoms with van der Waals surface area (Å²) in [7, 11) is 1.28. The maximum Gasteiger partial charge on any atom is 0.374 e. The summed E-state index contributed by atoms with van der Waals surface area (Å²) in [5.41, 5.74) is 1.03. The van der Waals surface area contributed by atoms with Crippen LogP contribution in [0.25, 0.3) is 11.0 Å². The van der Waals surface area contributed by atoms with E-state index in [0.717, 1.165) is 0 Å². The average Bonchev–Trinajstić information content (AvgIpc) is 2.61. The number of aryl methyl sites for hydroxylation is 1. The number of carbonyl (C=O) groups excluding carboxylic acids is 1. The van der Waals surface area contributed by atoms with Crippen molar-refractivity contribution >= 4 is 32.9 Å². The fourth-order valence-electron chi connectivity index (χ4n) is 1.58. The van der Waals surface area contributed by atoms with E-state index in [9.17, 15) is 9.90 Å². The van der Waals surface area contributed by atoms with Gasteiger partial charge in [0.2, 0.25) is 5.76 Å². The van der Waals surface area contributed by atoms with E-state index in [0.29, 0.717) is 21.0 Å². The average molecular weight is 285 g/mol. The van der Waals surface area contributed by atoms with E-state index in [1.165, 1.54) is 7.11 Å². The normalized spacial score (nSPS) is 10.7. The van der Waals surface area contributed by atoms with Crippen LogP contribution in [0.1, 0.15) is 16.1 Å². The van der Waals surface area contributed by atoms with Gasteiger partial charge >= 0.3 is 5.97 Å². The maximum absolute atomic E-state index is 11.4. The highest BCUT2D eigenvalue weighted by Crippen LogP contribution is 2.37. The summed E-state index contributed by atoms with van der Waals surface area (Å²) in [6, 6.07) is 3.33. The highest BCUT2D eigenvalue weighted by molar-refractivity contribution is 9.10. The predicted octanol–water partition coefficient (Wildman–Crippen LogP) is 3.00. The van der Waals surface area contributed by atoms with Gasteiger partial charge in [0.1, 0.15) is 11.3 Å². The largest absolute Gasteiger partial charge is 0.506 e. The van der Waals surface area contributed by atoms with Gasteiger partial charge in [-0.2, -0.15) is 0 Å². The number of methoxy groups -OCH3 is 1. The van der Waals surface area contributed by atoms with Gasteiger partial charge in [0.25, 0.3) is 0 Å². The van der Waals surface area contributed by atoms with Crippen molar-refractivity contribution in [1.82, 2.24) is 0 Å². The Balaban J connectivity index is 2.79. The zero-order valence-corrected chi connectivity index (χ0v) is 10.3. The Kier molecular flexibility index (Phi) is 2.63. The summed E-state index contributed by atoms with van der Waals surface area (Å²) in [6.07, 6.45) is 0. The monoisotopic (exact) mass is 284 g/mol. The molecule has 0 aliphatic rings.